The fourth-order valence-electron chi connectivity index (χ4n) is 1.43. The van der Waals surface area contributed by atoms with E-state index >= 15 is 0 Å². The Morgan fingerprint density at radius 2 is 1.21 bits per heavy atom. The van der Waals surface area contributed by atoms with E-state index in [-0.39, 0.29) is 0 Å². The van der Waals surface area contributed by atoms with E-state index in [1.165, 1.54) is 0 Å². The Bertz CT molecular complexity index is 247. The van der Waals surface area contributed by atoms with Crippen molar-refractivity contribution in [2.24, 2.45) is 0 Å². The van der Waals surface area contributed by atoms with Crippen molar-refractivity contribution in [1.82, 2.24) is 0 Å². The van der Waals surface area contributed by atoms with Crippen molar-refractivity contribution in [3.05, 3.63) is 0 Å². The molecule has 0 amide bonds. The van der Waals surface area contributed by atoms with Crippen LogP contribution in [-0.4, -0.2) is 36.7 Å². The standard InChI is InChI=1S/C8H10O6/c1-3-11-5(7(9)13-3)6-8(10)14-4(2)12-6/h3-6H,1-2H3/t3-,4-,5-,6-/m0/s1. The summed E-state index contributed by atoms with van der Waals surface area (Å²) in [6.07, 6.45) is -3.27. The lowest BCUT2D eigenvalue weighted by atomic mass is 10.2. The zero-order valence-electron chi connectivity index (χ0n) is 7.76. The molecule has 0 aromatic carbocycles. The Kier molecular flexibility index (Phi) is 2.16. The molecule has 0 saturated carbocycles. The average Bonchev–Trinajstić information content (AvgIpc) is 2.55. The second kappa shape index (κ2) is 3.21. The van der Waals surface area contributed by atoms with E-state index in [0.29, 0.717) is 0 Å². The molecule has 4 atom stereocenters. The summed E-state index contributed by atoms with van der Waals surface area (Å²) in [5.41, 5.74) is 0. The van der Waals surface area contributed by atoms with E-state index in [1.54, 1.807) is 13.8 Å². The topological polar surface area (TPSA) is 71.1 Å². The predicted octanol–water partition coefficient (Wildman–Crippen LogP) is -0.438. The SMILES string of the molecule is C[C@@H]1OC(=O)[C@H]([C@@H]2O[C@H](C)OC2=O)O1. The van der Waals surface area contributed by atoms with E-state index in [0.717, 1.165) is 0 Å². The number of carbonyl (C=O) groups is 2. The van der Waals surface area contributed by atoms with E-state index in [1.807, 2.05) is 0 Å². The third kappa shape index (κ3) is 1.46. The van der Waals surface area contributed by atoms with Crippen LogP contribution in [0, 0.1) is 0 Å². The van der Waals surface area contributed by atoms with Crippen LogP contribution >= 0.6 is 0 Å². The minimum Gasteiger partial charge on any atom is -0.434 e. The van der Waals surface area contributed by atoms with E-state index in [4.69, 9.17) is 18.9 Å². The molecule has 2 heterocycles. The first-order valence-electron chi connectivity index (χ1n) is 4.30. The second-order valence-electron chi connectivity index (χ2n) is 3.12. The number of carbonyl (C=O) groups excluding carboxylic acids is 2. The van der Waals surface area contributed by atoms with Gasteiger partial charge in [0.05, 0.1) is 0 Å². The lowest BCUT2D eigenvalue weighted by Crippen LogP contribution is -2.36. The largest absolute Gasteiger partial charge is 0.434 e. The van der Waals surface area contributed by atoms with E-state index in [2.05, 4.69) is 0 Å². The Balaban J connectivity index is 2.08. The smallest absolute Gasteiger partial charge is 0.341 e. The molecule has 2 aliphatic rings. The van der Waals surface area contributed by atoms with Gasteiger partial charge in [0.25, 0.3) is 0 Å². The molecule has 6 nitrogen and oxygen atoms in total. The predicted molar refractivity (Wildman–Crippen MR) is 40.9 cm³/mol. The molecule has 0 aliphatic carbocycles. The normalized spacial score (nSPS) is 42.4. The highest BCUT2D eigenvalue weighted by Crippen LogP contribution is 2.24. The summed E-state index contributed by atoms with van der Waals surface area (Å²) < 4.78 is 19.6. The van der Waals surface area contributed by atoms with Crippen molar-refractivity contribution in [2.45, 2.75) is 38.6 Å². The zero-order chi connectivity index (χ0) is 10.3. The molecule has 14 heavy (non-hydrogen) atoms. The van der Waals surface area contributed by atoms with Gasteiger partial charge in [-0.1, -0.05) is 0 Å². The van der Waals surface area contributed by atoms with Gasteiger partial charge in [-0.15, -0.1) is 0 Å². The van der Waals surface area contributed by atoms with Crippen molar-refractivity contribution in [2.75, 3.05) is 0 Å². The molecule has 6 heteroatoms. The molecule has 0 unspecified atom stereocenters. The van der Waals surface area contributed by atoms with Gasteiger partial charge < -0.3 is 18.9 Å². The summed E-state index contributed by atoms with van der Waals surface area (Å²) in [5.74, 6) is -1.18. The fraction of sp³-hybridized carbons (Fsp3) is 0.750. The molecule has 0 aromatic rings. The molecule has 0 radical (unpaired) electrons. The third-order valence-corrected chi connectivity index (χ3v) is 1.98. The lowest BCUT2D eigenvalue weighted by molar-refractivity contribution is -0.148. The first kappa shape index (κ1) is 9.42. The summed E-state index contributed by atoms with van der Waals surface area (Å²) in [6, 6.07) is 0. The van der Waals surface area contributed by atoms with Crippen LogP contribution in [0.1, 0.15) is 13.8 Å². The van der Waals surface area contributed by atoms with Gasteiger partial charge in [-0.05, 0) is 13.8 Å². The molecular weight excluding hydrogens is 192 g/mol. The Morgan fingerprint density at radius 3 is 1.43 bits per heavy atom. The van der Waals surface area contributed by atoms with Crippen LogP contribution in [0.5, 0.6) is 0 Å². The summed E-state index contributed by atoms with van der Waals surface area (Å²) in [7, 11) is 0. The summed E-state index contributed by atoms with van der Waals surface area (Å²) >= 11 is 0. The van der Waals surface area contributed by atoms with Crippen molar-refractivity contribution < 1.29 is 28.5 Å². The maximum atomic E-state index is 11.2. The van der Waals surface area contributed by atoms with Crippen LogP contribution < -0.4 is 0 Å². The monoisotopic (exact) mass is 202 g/mol. The number of esters is 2. The first-order chi connectivity index (χ1) is 6.58. The number of ether oxygens (including phenoxy) is 4. The molecule has 0 aromatic heterocycles. The number of cyclic esters (lactones) is 2. The van der Waals surface area contributed by atoms with Gasteiger partial charge in [0, 0.05) is 0 Å². The van der Waals surface area contributed by atoms with E-state index in [9.17, 15) is 9.59 Å². The molecule has 0 N–H and O–H groups in total. The van der Waals surface area contributed by atoms with Crippen molar-refractivity contribution in [3.8, 4) is 0 Å². The molecule has 2 saturated heterocycles. The molecule has 0 bridgehead atoms. The van der Waals surface area contributed by atoms with Gasteiger partial charge in [0.2, 0.25) is 12.6 Å². The Labute approximate surface area is 80.1 Å². The second-order valence-corrected chi connectivity index (χ2v) is 3.12. The average molecular weight is 202 g/mol. The quantitative estimate of drug-likeness (QED) is 0.537. The highest BCUT2D eigenvalue weighted by Gasteiger charge is 2.48. The van der Waals surface area contributed by atoms with Crippen molar-refractivity contribution in [3.63, 3.8) is 0 Å². The van der Waals surface area contributed by atoms with Crippen LogP contribution in [0.25, 0.3) is 0 Å². The van der Waals surface area contributed by atoms with Crippen LogP contribution in [-0.2, 0) is 28.5 Å². The van der Waals surface area contributed by atoms with Crippen LogP contribution in [0.15, 0.2) is 0 Å². The molecule has 0 spiro atoms. The van der Waals surface area contributed by atoms with Gasteiger partial charge in [-0.25, -0.2) is 9.59 Å². The highest BCUT2D eigenvalue weighted by molar-refractivity contribution is 5.87. The van der Waals surface area contributed by atoms with Crippen molar-refractivity contribution >= 4 is 11.9 Å². The van der Waals surface area contributed by atoms with Crippen molar-refractivity contribution in [1.29, 1.82) is 0 Å². The zero-order valence-corrected chi connectivity index (χ0v) is 7.76. The molecular formula is C8H10O6. The number of hydrogen-bond acceptors (Lipinski definition) is 6. The minimum atomic E-state index is -0.998. The number of hydrogen-bond donors (Lipinski definition) is 0. The molecule has 78 valence electrons. The molecule has 2 fully saturated rings. The fourth-order valence-corrected chi connectivity index (χ4v) is 1.43. The maximum absolute atomic E-state index is 11.2. The summed E-state index contributed by atoms with van der Waals surface area (Å²) in [6.45, 7) is 3.14. The van der Waals surface area contributed by atoms with Gasteiger partial charge in [-0.3, -0.25) is 0 Å². The van der Waals surface area contributed by atoms with Crippen LogP contribution in [0.4, 0.5) is 0 Å². The molecule has 2 aliphatic heterocycles. The lowest BCUT2D eigenvalue weighted by Gasteiger charge is -2.09. The van der Waals surface area contributed by atoms with Gasteiger partial charge in [-0.2, -0.15) is 0 Å². The van der Waals surface area contributed by atoms with Gasteiger partial charge >= 0.3 is 11.9 Å². The summed E-state index contributed by atoms with van der Waals surface area (Å²) in [4.78, 5) is 22.4. The van der Waals surface area contributed by atoms with Gasteiger partial charge in [0.1, 0.15) is 0 Å². The Morgan fingerprint density at radius 1 is 0.857 bits per heavy atom. The minimum absolute atomic E-state index is 0.589. The van der Waals surface area contributed by atoms with E-state index < -0.39 is 36.7 Å². The Hall–Kier alpha value is -1.14. The van der Waals surface area contributed by atoms with Gasteiger partial charge in [0.15, 0.2) is 12.2 Å². The van der Waals surface area contributed by atoms with Crippen LogP contribution in [0.3, 0.4) is 0 Å². The summed E-state index contributed by atoms with van der Waals surface area (Å²) in [5, 5.41) is 0. The third-order valence-electron chi connectivity index (χ3n) is 1.98. The maximum Gasteiger partial charge on any atom is 0.341 e. The first-order valence-corrected chi connectivity index (χ1v) is 4.30. The molecule has 2 rings (SSSR count). The number of rotatable bonds is 1. The van der Waals surface area contributed by atoms with Crippen LogP contribution in [0.2, 0.25) is 0 Å². The highest BCUT2D eigenvalue weighted by atomic mass is 16.8.